The van der Waals surface area contributed by atoms with E-state index in [1.807, 2.05) is 0 Å². The standard InChI is InChI=1S/C14H10BrN3O4/c15-10-4-5-13(19)12(7-10)14(20)17-16-8-9-2-1-3-11(6-9)18(21)22/h1-8,19H,(H,17,20)/b16-8+. The summed E-state index contributed by atoms with van der Waals surface area (Å²) in [5.41, 5.74) is 2.70. The highest BCUT2D eigenvalue weighted by atomic mass is 79.9. The molecule has 0 aliphatic rings. The number of phenols is 1. The number of benzene rings is 2. The molecule has 2 N–H and O–H groups in total. The summed E-state index contributed by atoms with van der Waals surface area (Å²) in [7, 11) is 0. The zero-order valence-corrected chi connectivity index (χ0v) is 12.6. The number of carbonyl (C=O) groups is 1. The molecule has 2 aromatic carbocycles. The van der Waals surface area contributed by atoms with E-state index in [0.29, 0.717) is 10.0 Å². The van der Waals surface area contributed by atoms with E-state index in [-0.39, 0.29) is 17.0 Å². The highest BCUT2D eigenvalue weighted by Crippen LogP contribution is 2.21. The molecule has 0 aliphatic heterocycles. The molecule has 0 spiro atoms. The number of phenolic OH excluding ortho intramolecular Hbond substituents is 1. The molecule has 0 bridgehead atoms. The van der Waals surface area contributed by atoms with Gasteiger partial charge >= 0.3 is 0 Å². The van der Waals surface area contributed by atoms with Crippen LogP contribution >= 0.6 is 15.9 Å². The van der Waals surface area contributed by atoms with Gasteiger partial charge < -0.3 is 5.11 Å². The van der Waals surface area contributed by atoms with Crippen LogP contribution in [0.1, 0.15) is 15.9 Å². The molecule has 0 atom stereocenters. The topological polar surface area (TPSA) is 105 Å². The Morgan fingerprint density at radius 2 is 2.09 bits per heavy atom. The second-order valence-corrected chi connectivity index (χ2v) is 5.13. The van der Waals surface area contributed by atoms with Gasteiger partial charge in [-0.1, -0.05) is 28.1 Å². The van der Waals surface area contributed by atoms with Crippen LogP contribution in [0, 0.1) is 10.1 Å². The minimum atomic E-state index is -0.597. The van der Waals surface area contributed by atoms with Gasteiger partial charge in [-0.25, -0.2) is 5.43 Å². The Balaban J connectivity index is 2.09. The van der Waals surface area contributed by atoms with E-state index in [2.05, 4.69) is 26.5 Å². The lowest BCUT2D eigenvalue weighted by atomic mass is 10.2. The van der Waals surface area contributed by atoms with Crippen LogP contribution in [0.4, 0.5) is 5.69 Å². The van der Waals surface area contributed by atoms with Crippen LogP contribution in [0.3, 0.4) is 0 Å². The molecule has 2 aromatic rings. The summed E-state index contributed by atoms with van der Waals surface area (Å²) in [5, 5.41) is 24.0. The van der Waals surface area contributed by atoms with Gasteiger partial charge in [0.1, 0.15) is 5.75 Å². The maximum atomic E-state index is 11.9. The second kappa shape index (κ2) is 6.81. The summed E-state index contributed by atoms with van der Waals surface area (Å²) >= 11 is 3.20. The van der Waals surface area contributed by atoms with Crippen molar-refractivity contribution in [3.8, 4) is 5.75 Å². The molecule has 0 fully saturated rings. The van der Waals surface area contributed by atoms with Gasteiger partial charge in [-0.15, -0.1) is 0 Å². The first-order chi connectivity index (χ1) is 10.5. The van der Waals surface area contributed by atoms with E-state index in [1.165, 1.54) is 36.5 Å². The lowest BCUT2D eigenvalue weighted by molar-refractivity contribution is -0.384. The van der Waals surface area contributed by atoms with Gasteiger partial charge in [-0.05, 0) is 18.2 Å². The summed E-state index contributed by atoms with van der Waals surface area (Å²) in [5.74, 6) is -0.772. The number of nitro groups is 1. The van der Waals surface area contributed by atoms with Crippen molar-refractivity contribution in [3.05, 3.63) is 68.2 Å². The fraction of sp³-hybridized carbons (Fsp3) is 0. The average molecular weight is 364 g/mol. The predicted octanol–water partition coefficient (Wildman–Crippen LogP) is 2.83. The van der Waals surface area contributed by atoms with Crippen molar-refractivity contribution in [1.29, 1.82) is 0 Å². The third-order valence-corrected chi connectivity index (χ3v) is 3.16. The second-order valence-electron chi connectivity index (χ2n) is 4.21. The van der Waals surface area contributed by atoms with Crippen molar-refractivity contribution >= 4 is 33.7 Å². The molecule has 0 aromatic heterocycles. The molecule has 2 rings (SSSR count). The van der Waals surface area contributed by atoms with Crippen LogP contribution < -0.4 is 5.43 Å². The van der Waals surface area contributed by atoms with Crippen LogP contribution in [-0.2, 0) is 0 Å². The molecule has 22 heavy (non-hydrogen) atoms. The Labute approximate surface area is 133 Å². The number of nitrogens with zero attached hydrogens (tertiary/aromatic N) is 2. The number of halogens is 1. The first kappa shape index (κ1) is 15.6. The number of hydrogen-bond donors (Lipinski definition) is 2. The van der Waals surface area contributed by atoms with Gasteiger partial charge in [-0.2, -0.15) is 5.10 Å². The number of carbonyl (C=O) groups excluding carboxylic acids is 1. The number of hydrazone groups is 1. The number of non-ortho nitro benzene ring substituents is 1. The summed E-state index contributed by atoms with van der Waals surface area (Å²) in [4.78, 5) is 22.0. The summed E-state index contributed by atoms with van der Waals surface area (Å²) < 4.78 is 0.637. The van der Waals surface area contributed by atoms with Crippen molar-refractivity contribution in [2.24, 2.45) is 5.10 Å². The van der Waals surface area contributed by atoms with E-state index in [9.17, 15) is 20.0 Å². The first-order valence-corrected chi connectivity index (χ1v) is 6.83. The van der Waals surface area contributed by atoms with Crippen LogP contribution in [0.5, 0.6) is 5.75 Å². The normalized spacial score (nSPS) is 10.6. The van der Waals surface area contributed by atoms with E-state index in [4.69, 9.17) is 0 Å². The quantitative estimate of drug-likeness (QED) is 0.494. The number of aromatic hydroxyl groups is 1. The lowest BCUT2D eigenvalue weighted by Crippen LogP contribution is -2.17. The fourth-order valence-corrected chi connectivity index (χ4v) is 2.00. The molecule has 0 aliphatic carbocycles. The highest BCUT2D eigenvalue weighted by Gasteiger charge is 2.10. The van der Waals surface area contributed by atoms with Crippen LogP contribution in [0.25, 0.3) is 0 Å². The van der Waals surface area contributed by atoms with Crippen LogP contribution in [0.15, 0.2) is 52.0 Å². The molecule has 0 radical (unpaired) electrons. The van der Waals surface area contributed by atoms with Gasteiger partial charge in [-0.3, -0.25) is 14.9 Å². The van der Waals surface area contributed by atoms with E-state index in [1.54, 1.807) is 12.1 Å². The average Bonchev–Trinajstić information content (AvgIpc) is 2.50. The SMILES string of the molecule is O=C(N/N=C/c1cccc([N+](=O)[O-])c1)c1cc(Br)ccc1O. The number of amides is 1. The molecular weight excluding hydrogens is 354 g/mol. The Bertz CT molecular complexity index is 762. The fourth-order valence-electron chi connectivity index (χ4n) is 1.63. The maximum absolute atomic E-state index is 11.9. The minimum Gasteiger partial charge on any atom is -0.507 e. The lowest BCUT2D eigenvalue weighted by Gasteiger charge is -2.03. The van der Waals surface area contributed by atoms with Crippen molar-refractivity contribution < 1.29 is 14.8 Å². The van der Waals surface area contributed by atoms with Crippen LogP contribution in [-0.4, -0.2) is 22.2 Å². The zero-order valence-electron chi connectivity index (χ0n) is 11.1. The maximum Gasteiger partial charge on any atom is 0.275 e. The monoisotopic (exact) mass is 363 g/mol. The van der Waals surface area contributed by atoms with Crippen LogP contribution in [0.2, 0.25) is 0 Å². The van der Waals surface area contributed by atoms with Crippen molar-refractivity contribution in [1.82, 2.24) is 5.43 Å². The van der Waals surface area contributed by atoms with Gasteiger partial charge in [0.05, 0.1) is 16.7 Å². The molecule has 1 amide bonds. The van der Waals surface area contributed by atoms with Gasteiger partial charge in [0, 0.05) is 22.2 Å². The zero-order chi connectivity index (χ0) is 16.1. The van der Waals surface area contributed by atoms with E-state index < -0.39 is 10.8 Å². The molecule has 0 saturated carbocycles. The molecule has 112 valence electrons. The first-order valence-electron chi connectivity index (χ1n) is 6.04. The molecule has 7 nitrogen and oxygen atoms in total. The number of nitrogens with one attached hydrogen (secondary N) is 1. The molecule has 8 heteroatoms. The highest BCUT2D eigenvalue weighted by molar-refractivity contribution is 9.10. The van der Waals surface area contributed by atoms with Crippen molar-refractivity contribution in [2.75, 3.05) is 0 Å². The molecular formula is C14H10BrN3O4. The smallest absolute Gasteiger partial charge is 0.275 e. The van der Waals surface area contributed by atoms with Gasteiger partial charge in [0.15, 0.2) is 0 Å². The largest absolute Gasteiger partial charge is 0.507 e. The molecule has 0 saturated heterocycles. The summed E-state index contributed by atoms with van der Waals surface area (Å²) in [6, 6.07) is 10.2. The number of rotatable bonds is 4. The number of hydrogen-bond acceptors (Lipinski definition) is 5. The summed E-state index contributed by atoms with van der Waals surface area (Å²) in [6.07, 6.45) is 1.28. The van der Waals surface area contributed by atoms with Gasteiger partial charge in [0.2, 0.25) is 0 Å². The minimum absolute atomic E-state index is 0.0607. The van der Waals surface area contributed by atoms with Crippen molar-refractivity contribution in [2.45, 2.75) is 0 Å². The predicted molar refractivity (Wildman–Crippen MR) is 84.0 cm³/mol. The molecule has 0 heterocycles. The Morgan fingerprint density at radius 1 is 1.32 bits per heavy atom. The Morgan fingerprint density at radius 3 is 2.82 bits per heavy atom. The van der Waals surface area contributed by atoms with Gasteiger partial charge in [0.25, 0.3) is 11.6 Å². The Hall–Kier alpha value is -2.74. The van der Waals surface area contributed by atoms with E-state index >= 15 is 0 Å². The molecule has 0 unspecified atom stereocenters. The summed E-state index contributed by atoms with van der Waals surface area (Å²) in [6.45, 7) is 0. The van der Waals surface area contributed by atoms with Crippen molar-refractivity contribution in [3.63, 3.8) is 0 Å². The third-order valence-electron chi connectivity index (χ3n) is 2.66. The third kappa shape index (κ3) is 3.89. The Kier molecular flexibility index (Phi) is 4.84. The number of nitro benzene ring substituents is 1. The van der Waals surface area contributed by atoms with E-state index in [0.717, 1.165) is 0 Å².